The first kappa shape index (κ1) is 55.3. The van der Waals surface area contributed by atoms with Crippen LogP contribution in [0.2, 0.25) is 0 Å². The number of aromatic nitrogens is 2. The van der Waals surface area contributed by atoms with Crippen LogP contribution in [-0.2, 0) is 37.1 Å². The topological polar surface area (TPSA) is 87.8 Å². The minimum Gasteiger partial charge on any atom is -0.465 e. The number of nitrogens with zero attached hydrogens (tertiary/aromatic N) is 3. The summed E-state index contributed by atoms with van der Waals surface area (Å²) in [5.74, 6) is 1.26. The van der Waals surface area contributed by atoms with Gasteiger partial charge in [-0.25, -0.2) is 4.98 Å². The van der Waals surface area contributed by atoms with Gasteiger partial charge >= 0.3 is 5.97 Å². The van der Waals surface area contributed by atoms with E-state index in [9.17, 15) is 9.90 Å². The Labute approximate surface area is 350 Å². The molecule has 54 heavy (non-hydrogen) atoms. The Morgan fingerprint density at radius 2 is 1.11 bits per heavy atom. The number of carbonyl (C=O) groups excluding carboxylic acids is 1. The van der Waals surface area contributed by atoms with Crippen LogP contribution in [0.4, 0.5) is 0 Å². The standard InChI is InChI=1S/C35H67N3O3.C11H24O.W/c1-4-6-8-10-11-17-24-34(23-16-9-7-5-2)35(40)41-32-21-15-13-19-27-37(26-18-12-14-20-31-39)28-22-29-38-30-25-36-33(38)3;1-3-5-7-8-10-11(12)9-6-4-2;/h25,30,34,39H,4-24,26-29,31-32H2,1-3H3;11-12H,3-10H2,1-2H3;. The molecule has 2 unspecified atom stereocenters. The number of rotatable bonds is 38. The van der Waals surface area contributed by atoms with E-state index >= 15 is 0 Å². The third kappa shape index (κ3) is 35.6. The zero-order valence-corrected chi connectivity index (χ0v) is 39.5. The molecule has 0 aliphatic heterocycles. The zero-order chi connectivity index (χ0) is 39.0. The Balaban J connectivity index is 0. The number of unbranched alkanes of at least 4 members (excludes halogenated alkanes) is 18. The number of imidazole rings is 1. The van der Waals surface area contributed by atoms with E-state index in [-0.39, 0.29) is 39.1 Å². The first-order valence-electron chi connectivity index (χ1n) is 23.1. The van der Waals surface area contributed by atoms with Crippen LogP contribution >= 0.6 is 0 Å². The molecule has 1 aromatic heterocycles. The van der Waals surface area contributed by atoms with Crippen LogP contribution in [0.5, 0.6) is 0 Å². The van der Waals surface area contributed by atoms with Crippen LogP contribution in [-0.4, -0.2) is 69.6 Å². The number of esters is 1. The fourth-order valence-corrected chi connectivity index (χ4v) is 7.08. The summed E-state index contributed by atoms with van der Waals surface area (Å²) in [5, 5.41) is 18.5. The van der Waals surface area contributed by atoms with Gasteiger partial charge in [0.2, 0.25) is 0 Å². The monoisotopic (exact) mass is 934 g/mol. The summed E-state index contributed by atoms with van der Waals surface area (Å²) in [7, 11) is 0. The second-order valence-electron chi connectivity index (χ2n) is 15.8. The van der Waals surface area contributed by atoms with Crippen LogP contribution in [0.3, 0.4) is 0 Å². The van der Waals surface area contributed by atoms with Gasteiger partial charge in [-0.05, 0) is 84.3 Å². The molecule has 2 N–H and O–H groups in total. The number of aliphatic hydroxyl groups excluding tert-OH is 2. The number of aliphatic hydroxyl groups is 2. The van der Waals surface area contributed by atoms with Crippen molar-refractivity contribution in [2.24, 2.45) is 5.92 Å². The normalized spacial score (nSPS) is 12.3. The van der Waals surface area contributed by atoms with Crippen LogP contribution in [0, 0.1) is 12.8 Å². The van der Waals surface area contributed by atoms with Gasteiger partial charge in [0, 0.05) is 46.6 Å². The van der Waals surface area contributed by atoms with E-state index in [4.69, 9.17) is 9.84 Å². The maximum Gasteiger partial charge on any atom is 0.308 e. The molecule has 1 rings (SSSR count). The van der Waals surface area contributed by atoms with Crippen molar-refractivity contribution in [1.29, 1.82) is 0 Å². The first-order chi connectivity index (χ1) is 25.9. The number of hydrogen-bond acceptors (Lipinski definition) is 6. The molecule has 7 nitrogen and oxygen atoms in total. The van der Waals surface area contributed by atoms with Crippen LogP contribution in [0.15, 0.2) is 12.4 Å². The molecule has 2 atom stereocenters. The van der Waals surface area contributed by atoms with Gasteiger partial charge in [-0.2, -0.15) is 0 Å². The Morgan fingerprint density at radius 3 is 1.67 bits per heavy atom. The Bertz CT molecular complexity index is 886. The van der Waals surface area contributed by atoms with Crippen molar-refractivity contribution in [1.82, 2.24) is 14.5 Å². The number of ether oxygens (including phenoxy) is 1. The predicted octanol–water partition coefficient (Wildman–Crippen LogP) is 12.4. The third-order valence-corrected chi connectivity index (χ3v) is 10.7. The smallest absolute Gasteiger partial charge is 0.308 e. The molecule has 320 valence electrons. The molecule has 0 bridgehead atoms. The van der Waals surface area contributed by atoms with E-state index in [0.29, 0.717) is 13.2 Å². The SMILES string of the molecule is CCCCCCC(O)CCCC.CCCCCCCCC(CCCCCC)C(=O)OCCCCCCN(CCCCCCO)CCCn1ccnc1C.[W]. The summed E-state index contributed by atoms with van der Waals surface area (Å²) >= 11 is 0. The van der Waals surface area contributed by atoms with Crippen molar-refractivity contribution in [2.75, 3.05) is 32.8 Å². The third-order valence-electron chi connectivity index (χ3n) is 10.7. The first-order valence-corrected chi connectivity index (χ1v) is 23.1. The van der Waals surface area contributed by atoms with E-state index in [2.05, 4.69) is 55.3 Å². The number of aryl methyl sites for hydroxylation is 2. The largest absolute Gasteiger partial charge is 0.465 e. The Hall–Kier alpha value is -0.752. The molecule has 0 aromatic carbocycles. The molecule has 0 saturated carbocycles. The molecule has 0 aliphatic rings. The minimum absolute atomic E-state index is 0. The maximum absolute atomic E-state index is 12.9. The van der Waals surface area contributed by atoms with Gasteiger partial charge in [-0.1, -0.05) is 156 Å². The quantitative estimate of drug-likeness (QED) is 0.0507. The summed E-state index contributed by atoms with van der Waals surface area (Å²) < 4.78 is 8.03. The van der Waals surface area contributed by atoms with Crippen molar-refractivity contribution in [3.63, 3.8) is 0 Å². The van der Waals surface area contributed by atoms with Gasteiger partial charge in [0.15, 0.2) is 0 Å². The Morgan fingerprint density at radius 1 is 0.648 bits per heavy atom. The molecule has 0 fully saturated rings. The number of hydrogen-bond donors (Lipinski definition) is 2. The van der Waals surface area contributed by atoms with Crippen LogP contribution in [0.25, 0.3) is 0 Å². The summed E-state index contributed by atoms with van der Waals surface area (Å²) in [6, 6.07) is 0. The molecule has 1 heterocycles. The van der Waals surface area contributed by atoms with Crippen molar-refractivity contribution < 1.29 is 40.8 Å². The van der Waals surface area contributed by atoms with E-state index < -0.39 is 0 Å². The second kappa shape index (κ2) is 43.4. The average Bonchev–Trinajstić information content (AvgIpc) is 3.57. The van der Waals surface area contributed by atoms with Crippen LogP contribution < -0.4 is 0 Å². The fourth-order valence-electron chi connectivity index (χ4n) is 7.08. The van der Waals surface area contributed by atoms with E-state index in [1.807, 2.05) is 6.20 Å². The maximum atomic E-state index is 12.9. The van der Waals surface area contributed by atoms with Gasteiger partial charge < -0.3 is 24.4 Å². The molecule has 8 heteroatoms. The molecule has 1 aromatic rings. The van der Waals surface area contributed by atoms with Gasteiger partial charge in [-0.3, -0.25) is 4.79 Å². The van der Waals surface area contributed by atoms with E-state index in [0.717, 1.165) is 103 Å². The second-order valence-corrected chi connectivity index (χ2v) is 15.8. The zero-order valence-electron chi connectivity index (χ0n) is 36.5. The molecule has 0 saturated heterocycles. The average molecular weight is 934 g/mol. The Kier molecular flexibility index (Phi) is 44.5. The van der Waals surface area contributed by atoms with Gasteiger partial charge in [0.05, 0.1) is 18.6 Å². The summed E-state index contributed by atoms with van der Waals surface area (Å²) in [5.41, 5.74) is 0. The number of carbonyl (C=O) groups is 1. The van der Waals surface area contributed by atoms with E-state index in [1.54, 1.807) is 0 Å². The van der Waals surface area contributed by atoms with Gasteiger partial charge in [0.1, 0.15) is 5.82 Å². The molecule has 0 radical (unpaired) electrons. The van der Waals surface area contributed by atoms with Crippen molar-refractivity contribution >= 4 is 5.97 Å². The van der Waals surface area contributed by atoms with Crippen molar-refractivity contribution in [3.05, 3.63) is 18.2 Å². The van der Waals surface area contributed by atoms with Gasteiger partial charge in [0.25, 0.3) is 0 Å². The fraction of sp³-hybridized carbons (Fsp3) is 0.913. The molecular weight excluding hydrogens is 842 g/mol. The predicted molar refractivity (Wildman–Crippen MR) is 228 cm³/mol. The van der Waals surface area contributed by atoms with Crippen molar-refractivity contribution in [3.8, 4) is 0 Å². The molecule has 0 spiro atoms. The summed E-state index contributed by atoms with van der Waals surface area (Å²) in [6.45, 7) is 16.3. The van der Waals surface area contributed by atoms with Crippen molar-refractivity contribution in [2.45, 2.75) is 233 Å². The molecule has 0 aliphatic carbocycles. The summed E-state index contributed by atoms with van der Waals surface area (Å²) in [6.07, 6.45) is 38.1. The van der Waals surface area contributed by atoms with E-state index in [1.165, 1.54) is 116 Å². The molecular formula is C46H91N3O4W. The van der Waals surface area contributed by atoms with Crippen LogP contribution in [0.1, 0.15) is 220 Å². The summed E-state index contributed by atoms with van der Waals surface area (Å²) in [4.78, 5) is 19.8. The minimum atomic E-state index is -0.0261. The molecule has 0 amide bonds. The van der Waals surface area contributed by atoms with Gasteiger partial charge in [-0.15, -0.1) is 0 Å².